The van der Waals surface area contributed by atoms with Crippen LogP contribution in [0.15, 0.2) is 48.5 Å². The standard InChI is InChI=1S/C14H13NO5S/c1-11-3-2-4-12(9-11)10-21(18,19)20-14-7-5-13(6-8-14)15(16)17/h2-9H,10H2,1H3. The van der Waals surface area contributed by atoms with Crippen LogP contribution in [0.5, 0.6) is 5.75 Å². The normalized spacial score (nSPS) is 11.1. The predicted octanol–water partition coefficient (Wildman–Crippen LogP) is 2.81. The molecule has 0 fully saturated rings. The second kappa shape index (κ2) is 5.92. The van der Waals surface area contributed by atoms with Gasteiger partial charge in [-0.2, -0.15) is 8.42 Å². The Kier molecular flexibility index (Phi) is 4.23. The fraction of sp³-hybridized carbons (Fsp3) is 0.143. The summed E-state index contributed by atoms with van der Waals surface area (Å²) >= 11 is 0. The first kappa shape index (κ1) is 15.0. The van der Waals surface area contributed by atoms with Gasteiger partial charge >= 0.3 is 10.1 Å². The number of benzene rings is 2. The third-order valence-corrected chi connectivity index (χ3v) is 3.83. The molecule has 0 saturated heterocycles. The minimum absolute atomic E-state index is 0.0493. The molecule has 7 heteroatoms. The smallest absolute Gasteiger partial charge is 0.313 e. The lowest BCUT2D eigenvalue weighted by molar-refractivity contribution is -0.384. The first-order valence-electron chi connectivity index (χ1n) is 6.08. The lowest BCUT2D eigenvalue weighted by Gasteiger charge is -2.07. The Morgan fingerprint density at radius 3 is 2.38 bits per heavy atom. The number of nitrogens with zero attached hydrogens (tertiary/aromatic N) is 1. The van der Waals surface area contributed by atoms with Gasteiger partial charge in [0.1, 0.15) is 11.5 Å². The van der Waals surface area contributed by atoms with E-state index in [9.17, 15) is 18.5 Å². The highest BCUT2D eigenvalue weighted by molar-refractivity contribution is 7.86. The van der Waals surface area contributed by atoms with Crippen molar-refractivity contribution in [2.24, 2.45) is 0 Å². The average Bonchev–Trinajstić information content (AvgIpc) is 2.38. The van der Waals surface area contributed by atoms with Gasteiger partial charge in [0.05, 0.1) is 4.92 Å². The van der Waals surface area contributed by atoms with E-state index in [1.54, 1.807) is 18.2 Å². The zero-order chi connectivity index (χ0) is 15.5. The van der Waals surface area contributed by atoms with Gasteiger partial charge in [-0.25, -0.2) is 0 Å². The van der Waals surface area contributed by atoms with E-state index < -0.39 is 15.0 Å². The summed E-state index contributed by atoms with van der Waals surface area (Å²) in [7, 11) is -3.81. The van der Waals surface area contributed by atoms with E-state index in [-0.39, 0.29) is 17.2 Å². The molecule has 6 nitrogen and oxygen atoms in total. The van der Waals surface area contributed by atoms with Crippen molar-refractivity contribution in [3.05, 3.63) is 69.8 Å². The van der Waals surface area contributed by atoms with Crippen molar-refractivity contribution in [2.45, 2.75) is 12.7 Å². The maximum Gasteiger partial charge on any atom is 0.313 e. The van der Waals surface area contributed by atoms with Crippen molar-refractivity contribution < 1.29 is 17.5 Å². The van der Waals surface area contributed by atoms with Gasteiger partial charge in [0.2, 0.25) is 0 Å². The van der Waals surface area contributed by atoms with E-state index in [2.05, 4.69) is 0 Å². The van der Waals surface area contributed by atoms with Crippen LogP contribution < -0.4 is 4.18 Å². The molecule has 2 aromatic carbocycles. The highest BCUT2D eigenvalue weighted by atomic mass is 32.2. The molecule has 0 N–H and O–H groups in total. The number of aryl methyl sites for hydroxylation is 1. The lowest BCUT2D eigenvalue weighted by Crippen LogP contribution is -2.12. The molecule has 0 aliphatic heterocycles. The van der Waals surface area contributed by atoms with Crippen LogP contribution in [-0.4, -0.2) is 13.3 Å². The second-order valence-electron chi connectivity index (χ2n) is 4.53. The van der Waals surface area contributed by atoms with Gasteiger partial charge in [-0.15, -0.1) is 0 Å². The van der Waals surface area contributed by atoms with Crippen LogP contribution in [0.1, 0.15) is 11.1 Å². The molecular formula is C14H13NO5S. The van der Waals surface area contributed by atoms with E-state index in [0.717, 1.165) is 5.56 Å². The molecule has 0 amide bonds. The van der Waals surface area contributed by atoms with Crippen molar-refractivity contribution in [1.82, 2.24) is 0 Å². The summed E-state index contributed by atoms with van der Waals surface area (Å²) < 4.78 is 28.8. The van der Waals surface area contributed by atoms with Crippen LogP contribution in [0, 0.1) is 17.0 Å². The van der Waals surface area contributed by atoms with Crippen molar-refractivity contribution in [2.75, 3.05) is 0 Å². The Morgan fingerprint density at radius 1 is 1.14 bits per heavy atom. The van der Waals surface area contributed by atoms with Crippen LogP contribution >= 0.6 is 0 Å². The summed E-state index contributed by atoms with van der Waals surface area (Å²) in [6.45, 7) is 1.87. The third kappa shape index (κ3) is 4.28. The molecule has 0 radical (unpaired) electrons. The maximum atomic E-state index is 11.9. The second-order valence-corrected chi connectivity index (χ2v) is 6.10. The topological polar surface area (TPSA) is 86.5 Å². The Hall–Kier alpha value is -2.41. The molecule has 2 aromatic rings. The Balaban J connectivity index is 2.12. The van der Waals surface area contributed by atoms with Crippen molar-refractivity contribution in [3.8, 4) is 5.75 Å². The first-order chi connectivity index (χ1) is 9.85. The van der Waals surface area contributed by atoms with Crippen molar-refractivity contribution >= 4 is 15.8 Å². The Labute approximate surface area is 122 Å². The predicted molar refractivity (Wildman–Crippen MR) is 77.5 cm³/mol. The molecule has 0 aliphatic carbocycles. The highest BCUT2D eigenvalue weighted by Gasteiger charge is 2.15. The van der Waals surface area contributed by atoms with Gasteiger partial charge < -0.3 is 4.18 Å². The molecule has 21 heavy (non-hydrogen) atoms. The fourth-order valence-electron chi connectivity index (χ4n) is 1.81. The summed E-state index contributed by atoms with van der Waals surface area (Å²) in [4.78, 5) is 9.95. The average molecular weight is 307 g/mol. The van der Waals surface area contributed by atoms with Gasteiger partial charge in [-0.3, -0.25) is 10.1 Å². The van der Waals surface area contributed by atoms with E-state index in [1.165, 1.54) is 24.3 Å². The summed E-state index contributed by atoms with van der Waals surface area (Å²) in [6.07, 6.45) is 0. The molecule has 0 aromatic heterocycles. The largest absolute Gasteiger partial charge is 0.382 e. The monoisotopic (exact) mass is 307 g/mol. The lowest BCUT2D eigenvalue weighted by atomic mass is 10.2. The van der Waals surface area contributed by atoms with Crippen LogP contribution in [0.2, 0.25) is 0 Å². The summed E-state index contributed by atoms with van der Waals surface area (Å²) in [6, 6.07) is 12.0. The summed E-state index contributed by atoms with van der Waals surface area (Å²) in [5, 5.41) is 10.5. The molecule has 0 aliphatic rings. The summed E-state index contributed by atoms with van der Waals surface area (Å²) in [5.74, 6) is -0.209. The molecule has 2 rings (SSSR count). The zero-order valence-electron chi connectivity index (χ0n) is 11.2. The minimum atomic E-state index is -3.81. The van der Waals surface area contributed by atoms with Gasteiger partial charge in [-0.05, 0) is 24.6 Å². The quantitative estimate of drug-likeness (QED) is 0.481. The van der Waals surface area contributed by atoms with Crippen LogP contribution in [0.4, 0.5) is 5.69 Å². The molecule has 0 heterocycles. The molecule has 0 saturated carbocycles. The zero-order valence-corrected chi connectivity index (χ0v) is 12.0. The number of hydrogen-bond acceptors (Lipinski definition) is 5. The van der Waals surface area contributed by atoms with Gasteiger partial charge in [0, 0.05) is 12.1 Å². The summed E-state index contributed by atoms with van der Waals surface area (Å²) in [5.41, 5.74) is 1.45. The van der Waals surface area contributed by atoms with Crippen LogP contribution in [0.3, 0.4) is 0 Å². The van der Waals surface area contributed by atoms with Gasteiger partial charge in [-0.1, -0.05) is 29.8 Å². The fourth-order valence-corrected chi connectivity index (χ4v) is 2.86. The van der Waals surface area contributed by atoms with E-state index in [1.807, 2.05) is 13.0 Å². The van der Waals surface area contributed by atoms with Gasteiger partial charge in [0.25, 0.3) is 5.69 Å². The first-order valence-corrected chi connectivity index (χ1v) is 7.66. The molecule has 110 valence electrons. The molecule has 0 spiro atoms. The molecule has 0 atom stereocenters. The molecular weight excluding hydrogens is 294 g/mol. The third-order valence-electron chi connectivity index (χ3n) is 2.70. The highest BCUT2D eigenvalue weighted by Crippen LogP contribution is 2.20. The van der Waals surface area contributed by atoms with E-state index in [0.29, 0.717) is 5.56 Å². The SMILES string of the molecule is Cc1cccc(CS(=O)(=O)Oc2ccc([N+](=O)[O-])cc2)c1. The van der Waals surface area contributed by atoms with Crippen molar-refractivity contribution in [1.29, 1.82) is 0 Å². The minimum Gasteiger partial charge on any atom is -0.382 e. The number of nitro groups is 1. The number of hydrogen-bond donors (Lipinski definition) is 0. The van der Waals surface area contributed by atoms with Crippen molar-refractivity contribution in [3.63, 3.8) is 0 Å². The number of rotatable bonds is 5. The van der Waals surface area contributed by atoms with E-state index in [4.69, 9.17) is 4.18 Å². The van der Waals surface area contributed by atoms with E-state index >= 15 is 0 Å². The number of non-ortho nitro benzene ring substituents is 1. The van der Waals surface area contributed by atoms with Gasteiger partial charge in [0.15, 0.2) is 0 Å². The molecule has 0 unspecified atom stereocenters. The number of nitro benzene ring substituents is 1. The Morgan fingerprint density at radius 2 is 1.81 bits per heavy atom. The maximum absolute atomic E-state index is 11.9. The van der Waals surface area contributed by atoms with Crippen LogP contribution in [0.25, 0.3) is 0 Å². The molecule has 0 bridgehead atoms. The van der Waals surface area contributed by atoms with Crippen LogP contribution in [-0.2, 0) is 15.9 Å². The Bertz CT molecular complexity index is 753.